The Morgan fingerprint density at radius 1 is 1.00 bits per heavy atom. The SMILES string of the molecule is COC(=O)c1cc(OC)c(OC)cc1N(C)S(=O)(=O)c1ccc(F)cc1. The lowest BCUT2D eigenvalue weighted by Crippen LogP contribution is -2.28. The number of nitrogens with zero attached hydrogens (tertiary/aromatic N) is 1. The van der Waals surface area contributed by atoms with Gasteiger partial charge >= 0.3 is 5.97 Å². The first kappa shape index (κ1) is 19.5. The molecule has 0 fully saturated rings. The second-order valence-corrected chi connectivity index (χ2v) is 7.11. The molecule has 0 amide bonds. The van der Waals surface area contributed by atoms with E-state index in [0.29, 0.717) is 0 Å². The minimum Gasteiger partial charge on any atom is -0.493 e. The van der Waals surface area contributed by atoms with Gasteiger partial charge in [-0.15, -0.1) is 0 Å². The van der Waals surface area contributed by atoms with Gasteiger partial charge in [0.15, 0.2) is 11.5 Å². The van der Waals surface area contributed by atoms with E-state index in [2.05, 4.69) is 0 Å². The van der Waals surface area contributed by atoms with Gasteiger partial charge in [-0.25, -0.2) is 17.6 Å². The fraction of sp³-hybridized carbons (Fsp3) is 0.235. The molecule has 7 nitrogen and oxygen atoms in total. The predicted octanol–water partition coefficient (Wildman–Crippen LogP) is 2.45. The molecule has 0 atom stereocenters. The number of hydrogen-bond donors (Lipinski definition) is 0. The third-order valence-electron chi connectivity index (χ3n) is 3.72. The van der Waals surface area contributed by atoms with Crippen LogP contribution in [0.15, 0.2) is 41.3 Å². The van der Waals surface area contributed by atoms with Crippen LogP contribution in [0.3, 0.4) is 0 Å². The van der Waals surface area contributed by atoms with Crippen molar-refractivity contribution in [2.24, 2.45) is 0 Å². The molecular formula is C17H18FNO6S. The molecule has 0 aliphatic carbocycles. The number of carbonyl (C=O) groups excluding carboxylic acids is 1. The standard InChI is InChI=1S/C17H18FNO6S/c1-19(26(21,22)12-7-5-11(18)6-8-12)14-10-16(24-3)15(23-2)9-13(14)17(20)25-4/h5-10H,1-4H3. The number of anilines is 1. The quantitative estimate of drug-likeness (QED) is 0.713. The molecule has 0 unspecified atom stereocenters. The summed E-state index contributed by atoms with van der Waals surface area (Å²) in [6.45, 7) is 0. The van der Waals surface area contributed by atoms with Crippen molar-refractivity contribution in [3.05, 3.63) is 47.8 Å². The number of hydrogen-bond acceptors (Lipinski definition) is 6. The van der Waals surface area contributed by atoms with E-state index in [1.165, 1.54) is 40.5 Å². The van der Waals surface area contributed by atoms with E-state index in [1.54, 1.807) is 0 Å². The maximum absolute atomic E-state index is 13.1. The summed E-state index contributed by atoms with van der Waals surface area (Å²) in [6, 6.07) is 7.04. The Kier molecular flexibility index (Phi) is 5.71. The van der Waals surface area contributed by atoms with Gasteiger partial charge in [-0.3, -0.25) is 4.31 Å². The van der Waals surface area contributed by atoms with E-state index in [9.17, 15) is 17.6 Å². The van der Waals surface area contributed by atoms with Crippen LogP contribution in [0.1, 0.15) is 10.4 Å². The molecule has 2 aromatic carbocycles. The van der Waals surface area contributed by atoms with Crippen LogP contribution in [0.25, 0.3) is 0 Å². The maximum atomic E-state index is 13.1. The van der Waals surface area contributed by atoms with Crippen LogP contribution in [-0.2, 0) is 14.8 Å². The predicted molar refractivity (Wildman–Crippen MR) is 92.9 cm³/mol. The highest BCUT2D eigenvalue weighted by molar-refractivity contribution is 7.92. The smallest absolute Gasteiger partial charge is 0.340 e. The van der Waals surface area contributed by atoms with Crippen molar-refractivity contribution in [2.45, 2.75) is 4.90 Å². The van der Waals surface area contributed by atoms with Crippen molar-refractivity contribution in [3.8, 4) is 11.5 Å². The zero-order valence-corrected chi connectivity index (χ0v) is 15.5. The minimum atomic E-state index is -4.06. The molecule has 9 heteroatoms. The van der Waals surface area contributed by atoms with Gasteiger partial charge in [0.25, 0.3) is 10.0 Å². The van der Waals surface area contributed by atoms with E-state index >= 15 is 0 Å². The summed E-state index contributed by atoms with van der Waals surface area (Å²) in [5, 5.41) is 0. The van der Waals surface area contributed by atoms with Gasteiger partial charge in [0.05, 0.1) is 37.5 Å². The number of sulfonamides is 1. The zero-order valence-electron chi connectivity index (χ0n) is 14.6. The fourth-order valence-corrected chi connectivity index (χ4v) is 3.50. The molecule has 2 rings (SSSR count). The zero-order chi connectivity index (χ0) is 19.5. The van der Waals surface area contributed by atoms with E-state index in [1.807, 2.05) is 0 Å². The Morgan fingerprint density at radius 3 is 2.04 bits per heavy atom. The molecule has 2 aromatic rings. The van der Waals surface area contributed by atoms with Gasteiger partial charge < -0.3 is 14.2 Å². The molecule has 140 valence electrons. The second kappa shape index (κ2) is 7.61. The fourth-order valence-electron chi connectivity index (χ4n) is 2.30. The molecule has 0 saturated carbocycles. The number of benzene rings is 2. The first-order valence-electron chi connectivity index (χ1n) is 7.35. The molecule has 0 radical (unpaired) electrons. The van der Waals surface area contributed by atoms with Gasteiger partial charge in [0, 0.05) is 19.2 Å². The highest BCUT2D eigenvalue weighted by Crippen LogP contribution is 2.37. The van der Waals surface area contributed by atoms with Crippen LogP contribution in [0, 0.1) is 5.82 Å². The second-order valence-electron chi connectivity index (χ2n) is 5.14. The average Bonchev–Trinajstić information content (AvgIpc) is 2.65. The van der Waals surface area contributed by atoms with Crippen molar-refractivity contribution in [2.75, 3.05) is 32.7 Å². The molecule has 0 aliphatic rings. The summed E-state index contributed by atoms with van der Waals surface area (Å²) in [5.74, 6) is -0.837. The van der Waals surface area contributed by atoms with Crippen LogP contribution in [0.2, 0.25) is 0 Å². The van der Waals surface area contributed by atoms with Crippen molar-refractivity contribution in [3.63, 3.8) is 0 Å². The van der Waals surface area contributed by atoms with Crippen molar-refractivity contribution < 1.29 is 31.8 Å². The summed E-state index contributed by atoms with van der Waals surface area (Å²) in [5.41, 5.74) is -0.00263. The van der Waals surface area contributed by atoms with Gasteiger partial charge in [-0.05, 0) is 24.3 Å². The Balaban J connectivity index is 2.64. The Labute approximate surface area is 151 Å². The Hall–Kier alpha value is -2.81. The molecular weight excluding hydrogens is 365 g/mol. The minimum absolute atomic E-state index is 0.0267. The molecule has 0 spiro atoms. The summed E-state index contributed by atoms with van der Waals surface area (Å²) < 4.78 is 54.7. The van der Waals surface area contributed by atoms with E-state index in [4.69, 9.17) is 14.2 Å². The van der Waals surface area contributed by atoms with Gasteiger partial charge in [-0.2, -0.15) is 0 Å². The third-order valence-corrected chi connectivity index (χ3v) is 5.50. The van der Waals surface area contributed by atoms with Gasteiger partial charge in [-0.1, -0.05) is 0 Å². The number of esters is 1. The lowest BCUT2D eigenvalue weighted by Gasteiger charge is -2.23. The highest BCUT2D eigenvalue weighted by Gasteiger charge is 2.27. The molecule has 0 heterocycles. The summed E-state index contributed by atoms with van der Waals surface area (Å²) in [4.78, 5) is 12.0. The molecule has 0 saturated heterocycles. The first-order chi connectivity index (χ1) is 12.3. The highest BCUT2D eigenvalue weighted by atomic mass is 32.2. The Morgan fingerprint density at radius 2 is 1.54 bits per heavy atom. The number of ether oxygens (including phenoxy) is 3. The summed E-state index contributed by atoms with van der Waals surface area (Å²) in [6.07, 6.45) is 0. The lowest BCUT2D eigenvalue weighted by atomic mass is 10.1. The van der Waals surface area contributed by atoms with E-state index in [-0.39, 0.29) is 27.6 Å². The number of carbonyl (C=O) groups is 1. The summed E-state index contributed by atoms with van der Waals surface area (Å²) in [7, 11) is 1.16. The number of methoxy groups -OCH3 is 3. The molecule has 0 aliphatic heterocycles. The third kappa shape index (κ3) is 3.57. The van der Waals surface area contributed by atoms with Crippen molar-refractivity contribution >= 4 is 21.7 Å². The van der Waals surface area contributed by atoms with Gasteiger partial charge in [0.2, 0.25) is 0 Å². The van der Waals surface area contributed by atoms with E-state index < -0.39 is 21.8 Å². The maximum Gasteiger partial charge on any atom is 0.340 e. The largest absolute Gasteiger partial charge is 0.493 e. The molecule has 0 aromatic heterocycles. The normalized spacial score (nSPS) is 11.0. The molecule has 26 heavy (non-hydrogen) atoms. The van der Waals surface area contributed by atoms with Crippen molar-refractivity contribution in [1.82, 2.24) is 0 Å². The lowest BCUT2D eigenvalue weighted by molar-refractivity contribution is 0.0601. The summed E-state index contributed by atoms with van der Waals surface area (Å²) >= 11 is 0. The topological polar surface area (TPSA) is 82.1 Å². The van der Waals surface area contributed by atoms with Crippen LogP contribution < -0.4 is 13.8 Å². The monoisotopic (exact) mass is 383 g/mol. The van der Waals surface area contributed by atoms with Crippen LogP contribution >= 0.6 is 0 Å². The number of rotatable bonds is 6. The van der Waals surface area contributed by atoms with Crippen LogP contribution in [0.4, 0.5) is 10.1 Å². The first-order valence-corrected chi connectivity index (χ1v) is 8.79. The average molecular weight is 383 g/mol. The van der Waals surface area contributed by atoms with Crippen molar-refractivity contribution in [1.29, 1.82) is 0 Å². The van der Waals surface area contributed by atoms with E-state index in [0.717, 1.165) is 28.6 Å². The molecule has 0 bridgehead atoms. The molecule has 0 N–H and O–H groups in total. The van der Waals surface area contributed by atoms with Gasteiger partial charge in [0.1, 0.15) is 5.82 Å². The van der Waals surface area contributed by atoms with Crippen LogP contribution in [-0.4, -0.2) is 42.8 Å². The number of halogens is 1. The Bertz CT molecular complexity index is 912. The van der Waals surface area contributed by atoms with Crippen LogP contribution in [0.5, 0.6) is 11.5 Å².